The molecule has 0 radical (unpaired) electrons. The highest BCUT2D eigenvalue weighted by atomic mass is 16.6. The molecule has 0 aliphatic rings. The van der Waals surface area contributed by atoms with Crippen LogP contribution in [0.15, 0.2) is 0 Å². The highest BCUT2D eigenvalue weighted by Gasteiger charge is 2.26. The molecule has 0 aliphatic heterocycles. The second-order valence-electron chi connectivity index (χ2n) is 10.6. The van der Waals surface area contributed by atoms with Gasteiger partial charge in [0.25, 0.3) is 0 Å². The van der Waals surface area contributed by atoms with Crippen LogP contribution >= 0.6 is 0 Å². The van der Waals surface area contributed by atoms with Gasteiger partial charge in [-0.2, -0.15) is 0 Å². The second kappa shape index (κ2) is 16.3. The van der Waals surface area contributed by atoms with E-state index in [2.05, 4.69) is 10.6 Å². The quantitative estimate of drug-likeness (QED) is 0.213. The first kappa shape index (κ1) is 31.7. The van der Waals surface area contributed by atoms with Crippen LogP contribution in [0, 0.1) is 0 Å². The molecule has 0 aliphatic carbocycles. The predicted octanol–water partition coefficient (Wildman–Crippen LogP) is 4.71. The molecule has 0 spiro atoms. The molecule has 9 nitrogen and oxygen atoms in total. The fraction of sp³-hybridized carbons (Fsp3) is 0.840. The zero-order valence-electron chi connectivity index (χ0n) is 22.0. The summed E-state index contributed by atoms with van der Waals surface area (Å²) in [5.41, 5.74) is -1.32. The van der Waals surface area contributed by atoms with Gasteiger partial charge in [-0.1, -0.05) is 38.5 Å². The van der Waals surface area contributed by atoms with Crippen molar-refractivity contribution in [1.29, 1.82) is 0 Å². The lowest BCUT2D eigenvalue weighted by Gasteiger charge is -2.24. The van der Waals surface area contributed by atoms with Crippen LogP contribution < -0.4 is 10.6 Å². The standard InChI is InChI=1S/C25H46N2O7/c1-24(2,3)33-21(30)17-16-19(27-23(32)34-25(4,5)6)22(31)26-18-14-12-10-8-7-9-11-13-15-20(28)29/h19H,7-18H2,1-6H3,(H,26,31)(H,27,32)(H,28,29). The van der Waals surface area contributed by atoms with E-state index in [-0.39, 0.29) is 25.2 Å². The van der Waals surface area contributed by atoms with Gasteiger partial charge in [0.05, 0.1) is 0 Å². The van der Waals surface area contributed by atoms with Gasteiger partial charge >= 0.3 is 18.0 Å². The maximum absolute atomic E-state index is 12.7. The lowest BCUT2D eigenvalue weighted by Crippen LogP contribution is -2.48. The smallest absolute Gasteiger partial charge is 0.408 e. The molecular weight excluding hydrogens is 440 g/mol. The Hall–Kier alpha value is -2.32. The molecule has 1 unspecified atom stereocenters. The predicted molar refractivity (Wildman–Crippen MR) is 130 cm³/mol. The van der Waals surface area contributed by atoms with Crippen LogP contribution in [0.25, 0.3) is 0 Å². The average molecular weight is 487 g/mol. The highest BCUT2D eigenvalue weighted by molar-refractivity contribution is 5.86. The van der Waals surface area contributed by atoms with Gasteiger partial charge in [-0.3, -0.25) is 14.4 Å². The maximum atomic E-state index is 12.7. The number of hydrogen-bond donors (Lipinski definition) is 3. The third kappa shape index (κ3) is 20.3. The lowest BCUT2D eigenvalue weighted by atomic mass is 10.1. The summed E-state index contributed by atoms with van der Waals surface area (Å²) in [5.74, 6) is -1.53. The number of alkyl carbamates (subject to hydrolysis) is 1. The van der Waals surface area contributed by atoms with Crippen molar-refractivity contribution in [3.63, 3.8) is 0 Å². The van der Waals surface area contributed by atoms with E-state index in [1.807, 2.05) is 0 Å². The highest BCUT2D eigenvalue weighted by Crippen LogP contribution is 2.12. The molecule has 0 bridgehead atoms. The fourth-order valence-corrected chi connectivity index (χ4v) is 3.17. The van der Waals surface area contributed by atoms with Crippen molar-refractivity contribution in [3.05, 3.63) is 0 Å². The summed E-state index contributed by atoms with van der Waals surface area (Å²) in [4.78, 5) is 47.3. The number of aliphatic carboxylic acids is 1. The lowest BCUT2D eigenvalue weighted by molar-refractivity contribution is -0.155. The minimum atomic E-state index is -0.895. The number of nitrogens with one attached hydrogen (secondary N) is 2. The first-order valence-corrected chi connectivity index (χ1v) is 12.4. The van der Waals surface area contributed by atoms with Gasteiger partial charge in [0.1, 0.15) is 17.2 Å². The summed E-state index contributed by atoms with van der Waals surface area (Å²) < 4.78 is 10.5. The van der Waals surface area contributed by atoms with E-state index in [1.165, 1.54) is 0 Å². The summed E-state index contributed by atoms with van der Waals surface area (Å²) in [6.45, 7) is 11.0. The largest absolute Gasteiger partial charge is 0.481 e. The molecular formula is C25H46N2O7. The topological polar surface area (TPSA) is 131 Å². The first-order valence-electron chi connectivity index (χ1n) is 12.4. The van der Waals surface area contributed by atoms with Gasteiger partial charge in [0, 0.05) is 19.4 Å². The van der Waals surface area contributed by atoms with Crippen LogP contribution in [0.2, 0.25) is 0 Å². The Morgan fingerprint density at radius 1 is 0.735 bits per heavy atom. The first-order chi connectivity index (χ1) is 15.7. The third-order valence-corrected chi connectivity index (χ3v) is 4.68. The average Bonchev–Trinajstić information content (AvgIpc) is 2.66. The monoisotopic (exact) mass is 486 g/mol. The normalized spacial score (nSPS) is 12.5. The van der Waals surface area contributed by atoms with Crippen LogP contribution in [0.4, 0.5) is 4.79 Å². The van der Waals surface area contributed by atoms with Crippen LogP contribution in [0.5, 0.6) is 0 Å². The van der Waals surface area contributed by atoms with E-state index in [1.54, 1.807) is 41.5 Å². The summed E-state index contributed by atoms with van der Waals surface area (Å²) in [6.07, 6.45) is 7.35. The van der Waals surface area contributed by atoms with Crippen molar-refractivity contribution in [1.82, 2.24) is 10.6 Å². The van der Waals surface area contributed by atoms with E-state index in [0.29, 0.717) is 6.54 Å². The van der Waals surface area contributed by atoms with Gasteiger partial charge in [-0.25, -0.2) is 4.79 Å². The van der Waals surface area contributed by atoms with Crippen LogP contribution in [0.3, 0.4) is 0 Å². The molecule has 0 rings (SSSR count). The van der Waals surface area contributed by atoms with E-state index < -0.39 is 35.3 Å². The molecule has 198 valence electrons. The summed E-state index contributed by atoms with van der Waals surface area (Å²) >= 11 is 0. The van der Waals surface area contributed by atoms with E-state index in [0.717, 1.165) is 51.4 Å². The Kier molecular flexibility index (Phi) is 15.2. The Labute approximate surface area is 204 Å². The molecule has 3 N–H and O–H groups in total. The van der Waals surface area contributed by atoms with Gasteiger partial charge in [-0.15, -0.1) is 0 Å². The van der Waals surface area contributed by atoms with Gasteiger partial charge in [-0.05, 0) is 60.8 Å². The van der Waals surface area contributed by atoms with Crippen LogP contribution in [-0.4, -0.2) is 52.8 Å². The third-order valence-electron chi connectivity index (χ3n) is 4.68. The minimum Gasteiger partial charge on any atom is -0.481 e. The van der Waals surface area contributed by atoms with Crippen molar-refractivity contribution in [2.24, 2.45) is 0 Å². The van der Waals surface area contributed by atoms with Gasteiger partial charge < -0.3 is 25.2 Å². The minimum absolute atomic E-state index is 0.00236. The molecule has 0 saturated heterocycles. The zero-order valence-corrected chi connectivity index (χ0v) is 22.0. The molecule has 0 saturated carbocycles. The molecule has 0 aromatic carbocycles. The number of carbonyl (C=O) groups is 4. The van der Waals surface area contributed by atoms with Crippen LogP contribution in [0.1, 0.15) is 112 Å². The summed E-state index contributed by atoms with van der Waals surface area (Å²) in [7, 11) is 0. The number of hydrogen-bond acceptors (Lipinski definition) is 6. The molecule has 0 fully saturated rings. The second-order valence-corrected chi connectivity index (χ2v) is 10.6. The molecule has 1 atom stereocenters. The van der Waals surface area contributed by atoms with Crippen molar-refractivity contribution in [2.45, 2.75) is 129 Å². The Balaban J connectivity index is 4.36. The maximum Gasteiger partial charge on any atom is 0.408 e. The van der Waals surface area contributed by atoms with Crippen molar-refractivity contribution in [3.8, 4) is 0 Å². The number of esters is 1. The number of carbonyl (C=O) groups excluding carboxylic acids is 3. The Morgan fingerprint density at radius 2 is 1.24 bits per heavy atom. The number of carboxylic acid groups (broad SMARTS) is 1. The van der Waals surface area contributed by atoms with E-state index >= 15 is 0 Å². The number of rotatable bonds is 16. The number of unbranched alkanes of at least 4 members (excludes halogenated alkanes) is 7. The molecule has 0 aromatic heterocycles. The molecule has 9 heteroatoms. The summed E-state index contributed by atoms with van der Waals surface area (Å²) in [5, 5.41) is 14.0. The van der Waals surface area contributed by atoms with Crippen LogP contribution in [-0.2, 0) is 23.9 Å². The van der Waals surface area contributed by atoms with Gasteiger partial charge in [0.2, 0.25) is 5.91 Å². The van der Waals surface area contributed by atoms with Crippen molar-refractivity contribution < 1.29 is 33.8 Å². The molecule has 2 amide bonds. The molecule has 34 heavy (non-hydrogen) atoms. The van der Waals surface area contributed by atoms with Crippen molar-refractivity contribution >= 4 is 23.9 Å². The SMILES string of the molecule is CC(C)(C)OC(=O)CCC(NC(=O)OC(C)(C)C)C(=O)NCCCCCCCCCCC(=O)O. The summed E-state index contributed by atoms with van der Waals surface area (Å²) in [6, 6.07) is -0.895. The Morgan fingerprint density at radius 3 is 1.74 bits per heavy atom. The Bertz CT molecular complexity index is 636. The molecule has 0 heterocycles. The fourth-order valence-electron chi connectivity index (χ4n) is 3.17. The van der Waals surface area contributed by atoms with E-state index in [9.17, 15) is 19.2 Å². The number of carboxylic acids is 1. The number of amides is 2. The van der Waals surface area contributed by atoms with E-state index in [4.69, 9.17) is 14.6 Å². The zero-order chi connectivity index (χ0) is 26.2. The van der Waals surface area contributed by atoms with Gasteiger partial charge in [0.15, 0.2) is 0 Å². The van der Waals surface area contributed by atoms with Crippen molar-refractivity contribution in [2.75, 3.05) is 6.54 Å². The number of ether oxygens (including phenoxy) is 2. The molecule has 0 aromatic rings.